The molecule has 7 heteroatoms. The number of nitrogens with one attached hydrogen (secondary N) is 1. The SMILES string of the molecule is CCCNc1ncnc(SCC)c1[N+](=O)[O-]. The first kappa shape index (κ1) is 12.7. The van der Waals surface area contributed by atoms with Crippen molar-refractivity contribution in [2.45, 2.75) is 25.3 Å². The average Bonchev–Trinajstić information content (AvgIpc) is 2.26. The van der Waals surface area contributed by atoms with E-state index in [1.807, 2.05) is 13.8 Å². The largest absolute Gasteiger partial charge is 0.364 e. The first-order valence-corrected chi connectivity index (χ1v) is 6.05. The summed E-state index contributed by atoms with van der Waals surface area (Å²) in [6, 6.07) is 0. The fraction of sp³-hybridized carbons (Fsp3) is 0.556. The second-order valence-corrected chi connectivity index (χ2v) is 4.25. The van der Waals surface area contributed by atoms with E-state index >= 15 is 0 Å². The van der Waals surface area contributed by atoms with Gasteiger partial charge < -0.3 is 5.32 Å². The highest BCUT2D eigenvalue weighted by molar-refractivity contribution is 7.99. The zero-order valence-electron chi connectivity index (χ0n) is 9.27. The zero-order chi connectivity index (χ0) is 12.0. The van der Waals surface area contributed by atoms with Crippen molar-refractivity contribution in [1.82, 2.24) is 9.97 Å². The lowest BCUT2D eigenvalue weighted by molar-refractivity contribution is -0.387. The molecule has 16 heavy (non-hydrogen) atoms. The van der Waals surface area contributed by atoms with Crippen LogP contribution in [0, 0.1) is 10.1 Å². The Hall–Kier alpha value is -1.37. The molecule has 0 aliphatic carbocycles. The Bertz CT molecular complexity index is 373. The molecule has 0 amide bonds. The molecule has 0 spiro atoms. The molecule has 0 fully saturated rings. The molecular formula is C9H14N4O2S. The highest BCUT2D eigenvalue weighted by Gasteiger charge is 2.22. The van der Waals surface area contributed by atoms with Crippen LogP contribution < -0.4 is 5.32 Å². The monoisotopic (exact) mass is 242 g/mol. The second kappa shape index (κ2) is 6.26. The summed E-state index contributed by atoms with van der Waals surface area (Å²) in [6.45, 7) is 4.57. The number of nitro groups is 1. The minimum atomic E-state index is -0.435. The summed E-state index contributed by atoms with van der Waals surface area (Å²) in [7, 11) is 0. The normalized spacial score (nSPS) is 10.1. The maximum absolute atomic E-state index is 11.0. The van der Waals surface area contributed by atoms with Crippen molar-refractivity contribution >= 4 is 23.3 Å². The molecule has 1 aromatic heterocycles. The van der Waals surface area contributed by atoms with E-state index in [1.54, 1.807) is 0 Å². The van der Waals surface area contributed by atoms with Crippen LogP contribution in [0.5, 0.6) is 0 Å². The van der Waals surface area contributed by atoms with Crippen LogP contribution in [0.1, 0.15) is 20.3 Å². The van der Waals surface area contributed by atoms with Crippen LogP contribution in [0.4, 0.5) is 11.5 Å². The van der Waals surface area contributed by atoms with Gasteiger partial charge in [-0.15, -0.1) is 0 Å². The molecular weight excluding hydrogens is 228 g/mol. The van der Waals surface area contributed by atoms with Crippen LogP contribution in [0.15, 0.2) is 11.4 Å². The van der Waals surface area contributed by atoms with Crippen molar-refractivity contribution in [3.8, 4) is 0 Å². The Morgan fingerprint density at radius 3 is 2.81 bits per heavy atom. The summed E-state index contributed by atoms with van der Waals surface area (Å²) < 4.78 is 0. The van der Waals surface area contributed by atoms with E-state index in [0.717, 1.165) is 12.2 Å². The molecule has 0 aromatic carbocycles. The first-order chi connectivity index (χ1) is 7.70. The van der Waals surface area contributed by atoms with E-state index in [0.29, 0.717) is 17.4 Å². The van der Waals surface area contributed by atoms with Gasteiger partial charge in [0.05, 0.1) is 4.92 Å². The van der Waals surface area contributed by atoms with E-state index in [2.05, 4.69) is 15.3 Å². The predicted molar refractivity (Wildman–Crippen MR) is 63.9 cm³/mol. The number of hydrogen-bond acceptors (Lipinski definition) is 6. The van der Waals surface area contributed by atoms with Crippen molar-refractivity contribution < 1.29 is 4.92 Å². The van der Waals surface area contributed by atoms with E-state index < -0.39 is 4.92 Å². The highest BCUT2D eigenvalue weighted by Crippen LogP contribution is 2.31. The molecule has 0 atom stereocenters. The minimum absolute atomic E-state index is 0.0252. The number of nitrogens with zero attached hydrogens (tertiary/aromatic N) is 3. The molecule has 6 nitrogen and oxygen atoms in total. The molecule has 1 N–H and O–H groups in total. The van der Waals surface area contributed by atoms with Crippen LogP contribution in [-0.2, 0) is 0 Å². The third-order valence-corrected chi connectivity index (χ3v) is 2.66. The van der Waals surface area contributed by atoms with Gasteiger partial charge in [-0.3, -0.25) is 10.1 Å². The molecule has 0 saturated carbocycles. The average molecular weight is 242 g/mol. The van der Waals surface area contributed by atoms with Crippen molar-refractivity contribution in [1.29, 1.82) is 0 Å². The van der Waals surface area contributed by atoms with Gasteiger partial charge in [0.15, 0.2) is 5.03 Å². The lowest BCUT2D eigenvalue weighted by atomic mass is 10.4. The number of thioether (sulfide) groups is 1. The van der Waals surface area contributed by atoms with Crippen molar-refractivity contribution in [3.63, 3.8) is 0 Å². The smallest absolute Gasteiger partial charge is 0.343 e. The Balaban J connectivity index is 3.05. The molecule has 88 valence electrons. The predicted octanol–water partition coefficient (Wildman–Crippen LogP) is 2.32. The maximum atomic E-state index is 11.0. The van der Waals surface area contributed by atoms with Gasteiger partial charge >= 0.3 is 5.69 Å². The first-order valence-electron chi connectivity index (χ1n) is 5.06. The third-order valence-electron chi connectivity index (χ3n) is 1.79. The Labute approximate surface area is 98.0 Å². The summed E-state index contributed by atoms with van der Waals surface area (Å²) in [5.74, 6) is 1.04. The summed E-state index contributed by atoms with van der Waals surface area (Å²) in [6.07, 6.45) is 2.24. The molecule has 0 aliphatic rings. The Kier molecular flexibility index (Phi) is 4.97. The molecule has 0 unspecified atom stereocenters. The van der Waals surface area contributed by atoms with E-state index in [-0.39, 0.29) is 5.69 Å². The minimum Gasteiger partial charge on any atom is -0.364 e. The molecule has 0 aliphatic heterocycles. The van der Waals surface area contributed by atoms with Gasteiger partial charge in [0, 0.05) is 6.54 Å². The number of hydrogen-bond donors (Lipinski definition) is 1. The maximum Gasteiger partial charge on any atom is 0.343 e. The standard InChI is InChI=1S/C9H14N4O2S/c1-3-5-10-8-7(13(14)15)9(16-4-2)12-6-11-8/h6H,3-5H2,1-2H3,(H,10,11,12). The number of aromatic nitrogens is 2. The van der Waals surface area contributed by atoms with Gasteiger partial charge in [-0.1, -0.05) is 25.6 Å². The summed E-state index contributed by atoms with van der Waals surface area (Å²) in [5, 5.41) is 14.3. The van der Waals surface area contributed by atoms with Crippen molar-refractivity contribution in [2.24, 2.45) is 0 Å². The lowest BCUT2D eigenvalue weighted by Crippen LogP contribution is -2.07. The summed E-state index contributed by atoms with van der Waals surface area (Å²) >= 11 is 1.35. The fourth-order valence-electron chi connectivity index (χ4n) is 1.14. The Morgan fingerprint density at radius 1 is 1.50 bits per heavy atom. The topological polar surface area (TPSA) is 81.0 Å². The number of anilines is 1. The molecule has 1 rings (SSSR count). The van der Waals surface area contributed by atoms with Gasteiger partial charge in [0.25, 0.3) is 0 Å². The molecule has 1 aromatic rings. The van der Waals surface area contributed by atoms with Crippen LogP contribution in [0.3, 0.4) is 0 Å². The summed E-state index contributed by atoms with van der Waals surface area (Å²) in [5.41, 5.74) is -0.0252. The second-order valence-electron chi connectivity index (χ2n) is 2.99. The summed E-state index contributed by atoms with van der Waals surface area (Å²) in [4.78, 5) is 18.3. The van der Waals surface area contributed by atoms with Gasteiger partial charge in [0.2, 0.25) is 5.82 Å². The quantitative estimate of drug-likeness (QED) is 0.357. The van der Waals surface area contributed by atoms with E-state index in [9.17, 15) is 10.1 Å². The van der Waals surface area contributed by atoms with Crippen molar-refractivity contribution in [2.75, 3.05) is 17.6 Å². The fourth-order valence-corrected chi connectivity index (χ4v) is 1.85. The zero-order valence-corrected chi connectivity index (χ0v) is 10.1. The van der Waals surface area contributed by atoms with E-state index in [4.69, 9.17) is 0 Å². The number of rotatable bonds is 6. The van der Waals surface area contributed by atoms with Gasteiger partial charge in [-0.25, -0.2) is 9.97 Å². The molecule has 0 radical (unpaired) electrons. The lowest BCUT2D eigenvalue weighted by Gasteiger charge is -2.06. The molecule has 1 heterocycles. The highest BCUT2D eigenvalue weighted by atomic mass is 32.2. The van der Waals surface area contributed by atoms with Crippen LogP contribution >= 0.6 is 11.8 Å². The molecule has 0 bridgehead atoms. The van der Waals surface area contributed by atoms with Crippen LogP contribution in [-0.4, -0.2) is 27.2 Å². The molecule has 0 saturated heterocycles. The van der Waals surface area contributed by atoms with Gasteiger partial charge in [-0.05, 0) is 12.2 Å². The third kappa shape index (κ3) is 3.06. The van der Waals surface area contributed by atoms with Gasteiger partial charge in [0.1, 0.15) is 6.33 Å². The van der Waals surface area contributed by atoms with Crippen molar-refractivity contribution in [3.05, 3.63) is 16.4 Å². The van der Waals surface area contributed by atoms with E-state index in [1.165, 1.54) is 18.1 Å². The van der Waals surface area contributed by atoms with Gasteiger partial charge in [-0.2, -0.15) is 0 Å². The van der Waals surface area contributed by atoms with Crippen LogP contribution in [0.25, 0.3) is 0 Å². The Morgan fingerprint density at radius 2 is 2.25 bits per heavy atom. The van der Waals surface area contributed by atoms with Crippen LogP contribution in [0.2, 0.25) is 0 Å².